The number of hydrogen-bond donors (Lipinski definition) is 1. The summed E-state index contributed by atoms with van der Waals surface area (Å²) in [6.45, 7) is 0.389. The van der Waals surface area contributed by atoms with Crippen LogP contribution in [0, 0.1) is 0 Å². The molecular weight excluding hydrogens is 366 g/mol. The third kappa shape index (κ3) is 6.38. The van der Waals surface area contributed by atoms with Crippen LogP contribution in [0.1, 0.15) is 6.42 Å². The Hall–Kier alpha value is -2.09. The number of benzene rings is 2. The Bertz CT molecular complexity index is 796. The predicted molar refractivity (Wildman–Crippen MR) is 94.2 cm³/mol. The zero-order chi connectivity index (χ0) is 18.1. The maximum atomic E-state index is 12.2. The van der Waals surface area contributed by atoms with Crippen molar-refractivity contribution < 1.29 is 22.8 Å². The van der Waals surface area contributed by atoms with E-state index in [1.807, 2.05) is 18.2 Å². The van der Waals surface area contributed by atoms with Crippen molar-refractivity contribution in [2.75, 3.05) is 19.0 Å². The molecule has 2 aromatic rings. The molecule has 0 bridgehead atoms. The molecule has 0 radical (unpaired) electrons. The van der Waals surface area contributed by atoms with Gasteiger partial charge in [0.05, 0.1) is 15.7 Å². The van der Waals surface area contributed by atoms with Crippen molar-refractivity contribution in [2.24, 2.45) is 0 Å². The summed E-state index contributed by atoms with van der Waals surface area (Å²) >= 11 is 5.87. The first-order valence-corrected chi connectivity index (χ1v) is 9.58. The Balaban J connectivity index is 1.68. The Morgan fingerprint density at radius 1 is 1.00 bits per heavy atom. The van der Waals surface area contributed by atoms with Gasteiger partial charge in [0, 0.05) is 6.42 Å². The van der Waals surface area contributed by atoms with Crippen molar-refractivity contribution >= 4 is 27.3 Å². The summed E-state index contributed by atoms with van der Waals surface area (Å²) in [6.07, 6.45) is -0.229. The molecule has 2 rings (SSSR count). The lowest BCUT2D eigenvalue weighted by atomic mass is 10.3. The van der Waals surface area contributed by atoms with E-state index in [-0.39, 0.29) is 35.3 Å². The zero-order valence-corrected chi connectivity index (χ0v) is 14.9. The SMILES string of the molecule is O=C(CCS(=O)(=O)c1ccccc1Cl)NOCCOc1ccccc1. The summed E-state index contributed by atoms with van der Waals surface area (Å²) in [5.41, 5.74) is 2.19. The quantitative estimate of drug-likeness (QED) is 0.531. The van der Waals surface area contributed by atoms with Crippen LogP contribution in [0.15, 0.2) is 59.5 Å². The highest BCUT2D eigenvalue weighted by molar-refractivity contribution is 7.91. The summed E-state index contributed by atoms with van der Waals surface area (Å²) in [7, 11) is -3.63. The van der Waals surface area contributed by atoms with Crippen LogP contribution in [0.5, 0.6) is 5.75 Å². The molecule has 0 aliphatic carbocycles. The highest BCUT2D eigenvalue weighted by Gasteiger charge is 2.19. The predicted octanol–water partition coefficient (Wildman–Crippen LogP) is 2.63. The highest BCUT2D eigenvalue weighted by Crippen LogP contribution is 2.22. The van der Waals surface area contributed by atoms with Gasteiger partial charge >= 0.3 is 0 Å². The molecule has 0 unspecified atom stereocenters. The number of hydroxylamine groups is 1. The molecule has 25 heavy (non-hydrogen) atoms. The lowest BCUT2D eigenvalue weighted by molar-refractivity contribution is -0.133. The normalized spacial score (nSPS) is 11.1. The summed E-state index contributed by atoms with van der Waals surface area (Å²) in [6, 6.07) is 15.3. The largest absolute Gasteiger partial charge is 0.491 e. The van der Waals surface area contributed by atoms with E-state index in [1.54, 1.807) is 24.3 Å². The molecule has 0 heterocycles. The number of carbonyl (C=O) groups excluding carboxylic acids is 1. The molecule has 1 N–H and O–H groups in total. The number of hydrogen-bond acceptors (Lipinski definition) is 5. The lowest BCUT2D eigenvalue weighted by Crippen LogP contribution is -2.27. The average molecular weight is 384 g/mol. The van der Waals surface area contributed by atoms with Gasteiger partial charge in [0.1, 0.15) is 19.0 Å². The fourth-order valence-electron chi connectivity index (χ4n) is 1.93. The minimum Gasteiger partial charge on any atom is -0.491 e. The maximum Gasteiger partial charge on any atom is 0.244 e. The first-order chi connectivity index (χ1) is 12.0. The van der Waals surface area contributed by atoms with Gasteiger partial charge in [-0.25, -0.2) is 13.9 Å². The van der Waals surface area contributed by atoms with E-state index < -0.39 is 15.7 Å². The van der Waals surface area contributed by atoms with Gasteiger partial charge in [0.15, 0.2) is 9.84 Å². The molecule has 134 valence electrons. The number of halogens is 1. The van der Waals surface area contributed by atoms with Crippen LogP contribution in [-0.4, -0.2) is 33.3 Å². The summed E-state index contributed by atoms with van der Waals surface area (Å²) in [4.78, 5) is 16.6. The van der Waals surface area contributed by atoms with E-state index in [4.69, 9.17) is 21.2 Å². The number of rotatable bonds is 9. The van der Waals surface area contributed by atoms with Crippen LogP contribution < -0.4 is 10.2 Å². The second-order valence-electron chi connectivity index (χ2n) is 5.03. The topological polar surface area (TPSA) is 81.7 Å². The van der Waals surface area contributed by atoms with Gasteiger partial charge < -0.3 is 4.74 Å². The van der Waals surface area contributed by atoms with E-state index >= 15 is 0 Å². The smallest absolute Gasteiger partial charge is 0.244 e. The molecule has 0 aliphatic heterocycles. The number of ether oxygens (including phenoxy) is 1. The monoisotopic (exact) mass is 383 g/mol. The molecule has 0 fully saturated rings. The summed E-state index contributed by atoms with van der Waals surface area (Å²) < 4.78 is 29.7. The Morgan fingerprint density at radius 2 is 1.68 bits per heavy atom. The molecule has 0 atom stereocenters. The van der Waals surface area contributed by atoms with Crippen LogP contribution in [0.4, 0.5) is 0 Å². The third-order valence-corrected chi connectivity index (χ3v) is 5.36. The summed E-state index contributed by atoms with van der Waals surface area (Å²) in [5.74, 6) is -0.189. The number of nitrogens with one attached hydrogen (secondary N) is 1. The fraction of sp³-hybridized carbons (Fsp3) is 0.235. The van der Waals surface area contributed by atoms with Crippen LogP contribution in [0.3, 0.4) is 0 Å². The van der Waals surface area contributed by atoms with Crippen LogP contribution >= 0.6 is 11.6 Å². The van der Waals surface area contributed by atoms with Gasteiger partial charge in [-0.1, -0.05) is 41.9 Å². The van der Waals surface area contributed by atoms with Gasteiger partial charge in [0.25, 0.3) is 0 Å². The highest BCUT2D eigenvalue weighted by atomic mass is 35.5. The van der Waals surface area contributed by atoms with E-state index in [9.17, 15) is 13.2 Å². The first-order valence-electron chi connectivity index (χ1n) is 7.55. The Morgan fingerprint density at radius 3 is 2.40 bits per heavy atom. The van der Waals surface area contributed by atoms with Gasteiger partial charge in [0.2, 0.25) is 5.91 Å². The van der Waals surface area contributed by atoms with Gasteiger partial charge in [-0.05, 0) is 24.3 Å². The molecule has 0 spiro atoms. The second-order valence-corrected chi connectivity index (χ2v) is 7.52. The van der Waals surface area contributed by atoms with E-state index in [0.717, 1.165) is 0 Å². The fourth-order valence-corrected chi connectivity index (χ4v) is 3.75. The van der Waals surface area contributed by atoms with E-state index in [2.05, 4.69) is 5.48 Å². The minimum absolute atomic E-state index is 0.0154. The van der Waals surface area contributed by atoms with Crippen LogP contribution in [0.25, 0.3) is 0 Å². The lowest BCUT2D eigenvalue weighted by Gasteiger charge is -2.08. The van der Waals surface area contributed by atoms with Crippen molar-refractivity contribution in [3.8, 4) is 5.75 Å². The number of sulfone groups is 1. The molecule has 6 nitrogen and oxygen atoms in total. The second kappa shape index (κ2) is 9.41. The number of amides is 1. The minimum atomic E-state index is -3.63. The average Bonchev–Trinajstić information content (AvgIpc) is 2.61. The molecule has 0 saturated carbocycles. The van der Waals surface area contributed by atoms with Crippen molar-refractivity contribution in [3.05, 3.63) is 59.6 Å². The molecule has 0 saturated heterocycles. The van der Waals surface area contributed by atoms with E-state index in [1.165, 1.54) is 12.1 Å². The van der Waals surface area contributed by atoms with Crippen molar-refractivity contribution in [1.29, 1.82) is 0 Å². The van der Waals surface area contributed by atoms with Crippen LogP contribution in [0.2, 0.25) is 5.02 Å². The molecule has 1 amide bonds. The summed E-state index contributed by atoms with van der Waals surface area (Å²) in [5, 5.41) is 0.136. The standard InChI is InChI=1S/C17H18ClNO5S/c18-15-8-4-5-9-16(15)25(21,22)13-10-17(20)19-24-12-11-23-14-6-2-1-3-7-14/h1-9H,10-13H2,(H,19,20). The van der Waals surface area contributed by atoms with Gasteiger partial charge in [-0.2, -0.15) is 0 Å². The Kier molecular flexibility index (Phi) is 7.24. The molecular formula is C17H18ClNO5S. The van der Waals surface area contributed by atoms with Crippen molar-refractivity contribution in [2.45, 2.75) is 11.3 Å². The van der Waals surface area contributed by atoms with E-state index in [0.29, 0.717) is 5.75 Å². The van der Waals surface area contributed by atoms with Crippen molar-refractivity contribution in [1.82, 2.24) is 5.48 Å². The molecule has 8 heteroatoms. The zero-order valence-electron chi connectivity index (χ0n) is 13.4. The first kappa shape index (κ1) is 19.2. The Labute approximate surface area is 151 Å². The van der Waals surface area contributed by atoms with Gasteiger partial charge in [-0.15, -0.1) is 0 Å². The molecule has 2 aromatic carbocycles. The third-order valence-electron chi connectivity index (χ3n) is 3.15. The molecule has 0 aliphatic rings. The van der Waals surface area contributed by atoms with Crippen LogP contribution in [-0.2, 0) is 19.5 Å². The maximum absolute atomic E-state index is 12.2. The number of para-hydroxylation sites is 1. The molecule has 0 aromatic heterocycles. The van der Waals surface area contributed by atoms with Gasteiger partial charge in [-0.3, -0.25) is 9.63 Å². The van der Waals surface area contributed by atoms with Crippen molar-refractivity contribution in [3.63, 3.8) is 0 Å². The number of carbonyl (C=O) groups is 1.